The number of rotatable bonds is 5. The number of benzene rings is 1. The molecule has 1 aromatic carbocycles. The Hall–Kier alpha value is -2.12. The van der Waals surface area contributed by atoms with Gasteiger partial charge in [0.05, 0.1) is 9.90 Å². The highest BCUT2D eigenvalue weighted by Gasteiger charge is 2.22. The van der Waals surface area contributed by atoms with Gasteiger partial charge in [0, 0.05) is 16.6 Å². The molecule has 0 atom stereocenters. The van der Waals surface area contributed by atoms with Crippen LogP contribution in [0.3, 0.4) is 0 Å². The fourth-order valence-electron chi connectivity index (χ4n) is 2.53. The van der Waals surface area contributed by atoms with Crippen LogP contribution >= 0.6 is 22.9 Å². The third kappa shape index (κ3) is 2.97. The Morgan fingerprint density at radius 3 is 2.71 bits per heavy atom. The third-order valence-electron chi connectivity index (χ3n) is 3.49. The van der Waals surface area contributed by atoms with Crippen molar-refractivity contribution in [3.8, 4) is 10.7 Å². The van der Waals surface area contributed by atoms with E-state index in [9.17, 15) is 9.59 Å². The molecule has 126 valence electrons. The van der Waals surface area contributed by atoms with E-state index in [1.807, 2.05) is 38.1 Å². The number of carboxylic acids is 1. The number of fused-ring (bicyclic) bond motifs is 1. The molecule has 8 heteroatoms. The molecule has 0 saturated carbocycles. The van der Waals surface area contributed by atoms with Crippen molar-refractivity contribution in [2.75, 3.05) is 0 Å². The molecular weight excluding hydrogens is 350 g/mol. The van der Waals surface area contributed by atoms with Gasteiger partial charge in [0.15, 0.2) is 5.82 Å². The van der Waals surface area contributed by atoms with E-state index in [2.05, 4.69) is 5.10 Å². The van der Waals surface area contributed by atoms with Gasteiger partial charge in [0.25, 0.3) is 0 Å². The number of carbonyl (C=O) groups is 1. The molecule has 0 fully saturated rings. The summed E-state index contributed by atoms with van der Waals surface area (Å²) < 4.78 is 3.47. The molecule has 0 amide bonds. The summed E-state index contributed by atoms with van der Waals surface area (Å²) in [5, 5.41) is 14.7. The monoisotopic (exact) mass is 365 g/mol. The molecule has 24 heavy (non-hydrogen) atoms. The zero-order valence-electron chi connectivity index (χ0n) is 13.2. The van der Waals surface area contributed by atoms with Gasteiger partial charge in [-0.2, -0.15) is 0 Å². The van der Waals surface area contributed by atoms with Crippen molar-refractivity contribution in [3.05, 3.63) is 39.8 Å². The maximum atomic E-state index is 12.5. The van der Waals surface area contributed by atoms with Crippen LogP contribution in [0.4, 0.5) is 0 Å². The highest BCUT2D eigenvalue weighted by Crippen LogP contribution is 2.40. The smallest absolute Gasteiger partial charge is 0.346 e. The summed E-state index contributed by atoms with van der Waals surface area (Å²) in [6.45, 7) is 3.94. The van der Waals surface area contributed by atoms with Crippen LogP contribution in [0.15, 0.2) is 29.1 Å². The first-order valence-corrected chi connectivity index (χ1v) is 8.64. The normalized spacial score (nSPS) is 11.5. The molecule has 2 aromatic heterocycles. The molecule has 1 N–H and O–H groups in total. The molecule has 0 aliphatic heterocycles. The van der Waals surface area contributed by atoms with Crippen LogP contribution in [0.5, 0.6) is 0 Å². The summed E-state index contributed by atoms with van der Waals surface area (Å²) in [5.41, 5.74) is -0.436. The molecule has 0 spiro atoms. The molecule has 0 aliphatic rings. The summed E-state index contributed by atoms with van der Waals surface area (Å²) >= 11 is 7.94. The van der Waals surface area contributed by atoms with Crippen LogP contribution in [0.2, 0.25) is 5.02 Å². The van der Waals surface area contributed by atoms with Gasteiger partial charge in [-0.3, -0.25) is 9.36 Å². The van der Waals surface area contributed by atoms with E-state index < -0.39 is 18.2 Å². The zero-order chi connectivity index (χ0) is 17.4. The van der Waals surface area contributed by atoms with Crippen molar-refractivity contribution in [1.82, 2.24) is 14.3 Å². The van der Waals surface area contributed by atoms with Crippen LogP contribution < -0.4 is 5.69 Å². The predicted octanol–water partition coefficient (Wildman–Crippen LogP) is 3.32. The third-order valence-corrected chi connectivity index (χ3v) is 5.16. The second-order valence-corrected chi connectivity index (χ2v) is 7.33. The van der Waals surface area contributed by atoms with Crippen molar-refractivity contribution in [2.24, 2.45) is 5.92 Å². The highest BCUT2D eigenvalue weighted by atomic mass is 35.5. The SMILES string of the molecule is CC(C)Cn1c(-c2sc3ccccc3c2Cl)nn(CC(=O)O)c1=O. The number of hydrogen-bond donors (Lipinski definition) is 1. The maximum absolute atomic E-state index is 12.5. The number of aromatic nitrogens is 3. The van der Waals surface area contributed by atoms with Gasteiger partial charge < -0.3 is 5.11 Å². The number of thiophene rings is 1. The lowest BCUT2D eigenvalue weighted by molar-refractivity contribution is -0.137. The fraction of sp³-hybridized carbons (Fsp3) is 0.312. The van der Waals surface area contributed by atoms with Gasteiger partial charge >= 0.3 is 11.7 Å². The largest absolute Gasteiger partial charge is 0.480 e. The highest BCUT2D eigenvalue weighted by molar-refractivity contribution is 7.23. The Bertz CT molecular complexity index is 971. The fourth-order valence-corrected chi connectivity index (χ4v) is 4.04. The molecule has 3 rings (SSSR count). The Balaban J connectivity index is 2.22. The van der Waals surface area contributed by atoms with Crippen LogP contribution in [0.25, 0.3) is 20.8 Å². The summed E-state index contributed by atoms with van der Waals surface area (Å²) in [6, 6.07) is 7.68. The lowest BCUT2D eigenvalue weighted by atomic mass is 10.2. The van der Waals surface area contributed by atoms with Crippen LogP contribution in [0, 0.1) is 5.92 Å². The van der Waals surface area contributed by atoms with E-state index in [1.54, 1.807) is 0 Å². The molecule has 0 bridgehead atoms. The van der Waals surface area contributed by atoms with Crippen molar-refractivity contribution < 1.29 is 9.90 Å². The quantitative estimate of drug-likeness (QED) is 0.752. The summed E-state index contributed by atoms with van der Waals surface area (Å²) in [7, 11) is 0. The predicted molar refractivity (Wildman–Crippen MR) is 94.8 cm³/mol. The lowest BCUT2D eigenvalue weighted by Crippen LogP contribution is -2.28. The Morgan fingerprint density at radius 2 is 2.08 bits per heavy atom. The van der Waals surface area contributed by atoms with Gasteiger partial charge in [-0.05, 0) is 12.0 Å². The molecule has 2 heterocycles. The first kappa shape index (κ1) is 16.7. The van der Waals surface area contributed by atoms with Crippen molar-refractivity contribution >= 4 is 39.0 Å². The lowest BCUT2D eigenvalue weighted by Gasteiger charge is -2.07. The Labute approximate surface area is 146 Å². The van der Waals surface area contributed by atoms with Crippen LogP contribution in [0.1, 0.15) is 13.8 Å². The topological polar surface area (TPSA) is 77.1 Å². The average molecular weight is 366 g/mol. The van der Waals surface area contributed by atoms with E-state index in [0.717, 1.165) is 14.8 Å². The minimum absolute atomic E-state index is 0.206. The Kier molecular flexibility index (Phi) is 4.47. The van der Waals surface area contributed by atoms with E-state index in [-0.39, 0.29) is 5.92 Å². The molecule has 0 unspecified atom stereocenters. The van der Waals surface area contributed by atoms with Gasteiger partial charge in [-0.1, -0.05) is 43.6 Å². The van der Waals surface area contributed by atoms with Gasteiger partial charge in [0.2, 0.25) is 0 Å². The van der Waals surface area contributed by atoms with E-state index in [0.29, 0.717) is 22.3 Å². The standard InChI is InChI=1S/C16H16ClN3O3S/c1-9(2)7-19-15(18-20(16(19)23)8-12(21)22)14-13(17)10-5-3-4-6-11(10)24-14/h3-6,9H,7-8H2,1-2H3,(H,21,22). The second-order valence-electron chi connectivity index (χ2n) is 5.90. The maximum Gasteiger partial charge on any atom is 0.346 e. The average Bonchev–Trinajstić information content (AvgIpc) is 2.99. The van der Waals surface area contributed by atoms with Crippen LogP contribution in [-0.2, 0) is 17.9 Å². The van der Waals surface area contributed by atoms with Gasteiger partial charge in [-0.25, -0.2) is 9.48 Å². The van der Waals surface area contributed by atoms with E-state index >= 15 is 0 Å². The van der Waals surface area contributed by atoms with Gasteiger partial charge in [-0.15, -0.1) is 16.4 Å². The summed E-state index contributed by atoms with van der Waals surface area (Å²) in [5.74, 6) is -0.487. The first-order valence-electron chi connectivity index (χ1n) is 7.45. The Morgan fingerprint density at radius 1 is 1.38 bits per heavy atom. The van der Waals surface area contributed by atoms with E-state index in [4.69, 9.17) is 16.7 Å². The molecular formula is C16H16ClN3O3S. The summed E-state index contributed by atoms with van der Waals surface area (Å²) in [6.07, 6.45) is 0. The zero-order valence-corrected chi connectivity index (χ0v) is 14.8. The number of aliphatic carboxylic acids is 1. The number of carboxylic acid groups (broad SMARTS) is 1. The van der Waals surface area contributed by atoms with Crippen molar-refractivity contribution in [2.45, 2.75) is 26.9 Å². The molecule has 3 aromatic rings. The van der Waals surface area contributed by atoms with E-state index in [1.165, 1.54) is 15.9 Å². The summed E-state index contributed by atoms with van der Waals surface area (Å²) in [4.78, 5) is 24.2. The van der Waals surface area contributed by atoms with Crippen molar-refractivity contribution in [1.29, 1.82) is 0 Å². The van der Waals surface area contributed by atoms with Gasteiger partial charge in [0.1, 0.15) is 6.54 Å². The molecule has 6 nitrogen and oxygen atoms in total. The minimum Gasteiger partial charge on any atom is -0.480 e. The van der Waals surface area contributed by atoms with Crippen molar-refractivity contribution in [3.63, 3.8) is 0 Å². The van der Waals surface area contributed by atoms with Crippen LogP contribution in [-0.4, -0.2) is 25.4 Å². The number of nitrogens with zero attached hydrogens (tertiary/aromatic N) is 3. The molecule has 0 aliphatic carbocycles. The number of halogens is 1. The molecule has 0 saturated heterocycles. The minimum atomic E-state index is -1.11. The number of hydrogen-bond acceptors (Lipinski definition) is 4. The second kappa shape index (κ2) is 6.41. The molecule has 0 radical (unpaired) electrons. The first-order chi connectivity index (χ1) is 11.4.